The number of alkyl halides is 3. The van der Waals surface area contributed by atoms with Crippen LogP contribution < -0.4 is 16.0 Å². The zero-order valence-corrected chi connectivity index (χ0v) is 24.5. The van der Waals surface area contributed by atoms with Gasteiger partial charge in [-0.3, -0.25) is 9.59 Å². The third kappa shape index (κ3) is 8.72. The highest BCUT2D eigenvalue weighted by atomic mass is 19.4. The summed E-state index contributed by atoms with van der Waals surface area (Å²) >= 11 is 0. The molecule has 5 rings (SSSR count). The molecule has 1 aliphatic heterocycles. The van der Waals surface area contributed by atoms with Gasteiger partial charge in [-0.1, -0.05) is 66.7 Å². The second kappa shape index (κ2) is 13.7. The Labute approximate surface area is 256 Å². The van der Waals surface area contributed by atoms with Gasteiger partial charge in [-0.2, -0.15) is 18.4 Å². The van der Waals surface area contributed by atoms with E-state index in [1.165, 1.54) is 0 Å². The number of aromatic amines is 1. The van der Waals surface area contributed by atoms with Crippen molar-refractivity contribution in [3.8, 4) is 22.5 Å². The first-order valence-corrected chi connectivity index (χ1v) is 13.9. The van der Waals surface area contributed by atoms with Crippen LogP contribution >= 0.6 is 0 Å². The quantitative estimate of drug-likeness (QED) is 0.237. The number of halogens is 3. The minimum atomic E-state index is -5.08. The van der Waals surface area contributed by atoms with Gasteiger partial charge in [0.15, 0.2) is 0 Å². The average Bonchev–Trinajstić information content (AvgIpc) is 3.48. The summed E-state index contributed by atoms with van der Waals surface area (Å²) in [6, 6.07) is 23.3. The van der Waals surface area contributed by atoms with Crippen molar-refractivity contribution in [2.45, 2.75) is 57.4 Å². The molecule has 0 aliphatic carbocycles. The molecule has 45 heavy (non-hydrogen) atoms. The molecule has 0 spiro atoms. The highest BCUT2D eigenvalue weighted by Crippen LogP contribution is 2.32. The van der Waals surface area contributed by atoms with Crippen LogP contribution in [0.25, 0.3) is 22.5 Å². The van der Waals surface area contributed by atoms with E-state index in [1.807, 2.05) is 72.8 Å². The Hall–Kier alpha value is -5.11. The summed E-state index contributed by atoms with van der Waals surface area (Å²) in [6.45, 7) is 3.99. The number of aryl methyl sites for hydroxylation is 1. The number of carboxylic acids is 1. The number of nitrogens with zero attached hydrogens (tertiary/aromatic N) is 4. The number of carboxylic acid groups (broad SMARTS) is 1. The van der Waals surface area contributed by atoms with Crippen molar-refractivity contribution in [3.63, 3.8) is 0 Å². The number of nitrogens with two attached hydrogens (primary N) is 1. The molecule has 14 heteroatoms. The lowest BCUT2D eigenvalue weighted by Gasteiger charge is -2.27. The molecule has 4 aromatic rings. The van der Waals surface area contributed by atoms with Crippen LogP contribution in [0.3, 0.4) is 0 Å². The van der Waals surface area contributed by atoms with E-state index in [0.717, 1.165) is 33.5 Å². The molecule has 0 bridgehead atoms. The summed E-state index contributed by atoms with van der Waals surface area (Å²) < 4.78 is 31.7. The van der Waals surface area contributed by atoms with Gasteiger partial charge in [-0.25, -0.2) is 4.79 Å². The summed E-state index contributed by atoms with van der Waals surface area (Å²) in [4.78, 5) is 37.0. The maximum Gasteiger partial charge on any atom is 0.490 e. The van der Waals surface area contributed by atoms with E-state index >= 15 is 0 Å². The van der Waals surface area contributed by atoms with Crippen molar-refractivity contribution in [1.29, 1.82) is 0 Å². The maximum atomic E-state index is 13.7. The largest absolute Gasteiger partial charge is 0.490 e. The van der Waals surface area contributed by atoms with Crippen molar-refractivity contribution in [1.82, 2.24) is 25.9 Å². The number of aromatic nitrogens is 4. The zero-order chi connectivity index (χ0) is 32.8. The molecule has 236 valence electrons. The van der Waals surface area contributed by atoms with E-state index in [9.17, 15) is 22.8 Å². The lowest BCUT2D eigenvalue weighted by Crippen LogP contribution is -2.49. The van der Waals surface area contributed by atoms with Gasteiger partial charge in [0.1, 0.15) is 6.04 Å². The number of hydrogen-bond donors (Lipinski definition) is 4. The monoisotopic (exact) mass is 623 g/mol. The lowest BCUT2D eigenvalue weighted by molar-refractivity contribution is -0.192. The molecule has 2 amide bonds. The fourth-order valence-electron chi connectivity index (χ4n) is 4.85. The van der Waals surface area contributed by atoms with Crippen LogP contribution in [0, 0.1) is 0 Å². The summed E-state index contributed by atoms with van der Waals surface area (Å²) in [5.41, 5.74) is 11.2. The maximum absolute atomic E-state index is 13.7. The molecule has 1 aromatic heterocycles. The SMILES string of the molecule is CC(C)(N)CC(=O)N[C@@H]1CCc2ccccc2N(Cc2ccc(-c3ccccc3-c3nn[nH]n3)cc2)C1=O.O=C(O)C(F)(F)F. The molecule has 3 aromatic carbocycles. The Morgan fingerprint density at radius 1 is 1.02 bits per heavy atom. The van der Waals surface area contributed by atoms with Gasteiger partial charge in [-0.05, 0) is 60.2 Å². The number of carbonyl (C=O) groups excluding carboxylic acids is 2. The molecule has 1 aliphatic rings. The second-order valence-corrected chi connectivity index (χ2v) is 11.2. The Kier molecular flexibility index (Phi) is 9.97. The number of H-pyrrole nitrogens is 1. The van der Waals surface area contributed by atoms with Crippen molar-refractivity contribution in [3.05, 3.63) is 83.9 Å². The van der Waals surface area contributed by atoms with Crippen molar-refractivity contribution in [2.24, 2.45) is 5.73 Å². The van der Waals surface area contributed by atoms with Crippen LogP contribution in [0.15, 0.2) is 72.8 Å². The minimum absolute atomic E-state index is 0.121. The van der Waals surface area contributed by atoms with Crippen LogP contribution in [0.4, 0.5) is 18.9 Å². The van der Waals surface area contributed by atoms with Crippen molar-refractivity contribution in [2.75, 3.05) is 4.90 Å². The smallest absolute Gasteiger partial charge is 0.475 e. The van der Waals surface area contributed by atoms with Crippen molar-refractivity contribution >= 4 is 23.5 Å². The highest BCUT2D eigenvalue weighted by Gasteiger charge is 2.38. The number of hydrogen-bond acceptors (Lipinski definition) is 7. The molecule has 1 atom stereocenters. The number of aliphatic carboxylic acids is 1. The van der Waals surface area contributed by atoms with E-state index in [1.54, 1.807) is 18.7 Å². The molecule has 11 nitrogen and oxygen atoms in total. The lowest BCUT2D eigenvalue weighted by atomic mass is 9.98. The minimum Gasteiger partial charge on any atom is -0.475 e. The number of nitrogens with one attached hydrogen (secondary N) is 2. The van der Waals surface area contributed by atoms with E-state index in [-0.39, 0.29) is 18.2 Å². The van der Waals surface area contributed by atoms with Gasteiger partial charge < -0.3 is 21.1 Å². The Morgan fingerprint density at radius 2 is 1.64 bits per heavy atom. The van der Waals surface area contributed by atoms with Crippen LogP contribution in [0.5, 0.6) is 0 Å². The fraction of sp³-hybridized carbons (Fsp3) is 0.290. The van der Waals surface area contributed by atoms with Gasteiger partial charge in [0.2, 0.25) is 17.6 Å². The third-order valence-electron chi connectivity index (χ3n) is 6.86. The van der Waals surface area contributed by atoms with Crippen LogP contribution in [0.2, 0.25) is 0 Å². The molecule has 0 saturated heterocycles. The Balaban J connectivity index is 0.000000591. The number of para-hydroxylation sites is 1. The molecule has 5 N–H and O–H groups in total. The fourth-order valence-corrected chi connectivity index (χ4v) is 4.85. The third-order valence-corrected chi connectivity index (χ3v) is 6.86. The number of carbonyl (C=O) groups is 3. The molecular weight excluding hydrogens is 591 g/mol. The number of amides is 2. The van der Waals surface area contributed by atoms with E-state index < -0.39 is 23.7 Å². The normalized spacial score (nSPS) is 14.9. The average molecular weight is 624 g/mol. The second-order valence-electron chi connectivity index (χ2n) is 11.2. The Bertz CT molecular complexity index is 1640. The van der Waals surface area contributed by atoms with E-state index in [2.05, 4.69) is 25.9 Å². The van der Waals surface area contributed by atoms with Crippen LogP contribution in [-0.4, -0.2) is 61.3 Å². The molecular formula is C31H32F3N7O4. The molecule has 0 fully saturated rings. The van der Waals surface area contributed by atoms with Crippen LogP contribution in [0.1, 0.15) is 37.8 Å². The molecule has 0 unspecified atom stereocenters. The predicted octanol–water partition coefficient (Wildman–Crippen LogP) is 4.26. The number of anilines is 1. The van der Waals surface area contributed by atoms with Crippen LogP contribution in [-0.2, 0) is 27.3 Å². The Morgan fingerprint density at radius 3 is 2.24 bits per heavy atom. The van der Waals surface area contributed by atoms with Gasteiger partial charge in [0, 0.05) is 23.2 Å². The van der Waals surface area contributed by atoms with Crippen molar-refractivity contribution < 1.29 is 32.7 Å². The number of tetrazole rings is 1. The first kappa shape index (κ1) is 32.8. The summed E-state index contributed by atoms with van der Waals surface area (Å²) in [5, 5.41) is 24.5. The first-order chi connectivity index (χ1) is 21.2. The van der Waals surface area contributed by atoms with Gasteiger partial charge in [-0.15, -0.1) is 10.2 Å². The topological polar surface area (TPSA) is 167 Å². The highest BCUT2D eigenvalue weighted by molar-refractivity contribution is 6.00. The number of rotatable bonds is 7. The zero-order valence-electron chi connectivity index (χ0n) is 24.5. The molecule has 2 heterocycles. The summed E-state index contributed by atoms with van der Waals surface area (Å²) in [5.74, 6) is -2.56. The predicted molar refractivity (Wildman–Crippen MR) is 160 cm³/mol. The van der Waals surface area contributed by atoms with E-state index in [4.69, 9.17) is 15.6 Å². The number of benzene rings is 3. The summed E-state index contributed by atoms with van der Waals surface area (Å²) in [6.07, 6.45) is -3.70. The first-order valence-electron chi connectivity index (χ1n) is 13.9. The van der Waals surface area contributed by atoms with Gasteiger partial charge >= 0.3 is 12.1 Å². The summed E-state index contributed by atoms with van der Waals surface area (Å²) in [7, 11) is 0. The van der Waals surface area contributed by atoms with E-state index in [0.29, 0.717) is 25.2 Å². The molecule has 0 radical (unpaired) electrons. The van der Waals surface area contributed by atoms with Gasteiger partial charge in [0.25, 0.3) is 0 Å². The van der Waals surface area contributed by atoms with Gasteiger partial charge in [0.05, 0.1) is 6.54 Å². The standard InChI is InChI=1S/C29H31N7O2.C2HF3O2/c1-29(2,30)17-26(37)31-24-16-15-21-7-3-6-10-25(21)36(28(24)38)18-19-11-13-20(14-12-19)22-8-4-5-9-23(22)27-32-34-35-33-27;3-2(4,5)1(6)7/h3-14,24H,15-18,30H2,1-2H3,(H,31,37)(H,32,33,34,35);(H,6,7)/t24-;/m1./s1. The number of fused-ring (bicyclic) bond motifs is 1. The molecule has 0 saturated carbocycles.